The molecular formula is C14H16F3NO. The van der Waals surface area contributed by atoms with Crippen LogP contribution in [0.15, 0.2) is 29.3 Å². The molecule has 5 heteroatoms. The highest BCUT2D eigenvalue weighted by atomic mass is 19.4. The van der Waals surface area contributed by atoms with Gasteiger partial charge in [0.1, 0.15) is 12.6 Å². The van der Waals surface area contributed by atoms with Crippen LogP contribution >= 0.6 is 0 Å². The molecule has 0 amide bonds. The molecule has 2 nitrogen and oxygen atoms in total. The van der Waals surface area contributed by atoms with Gasteiger partial charge in [0.15, 0.2) is 5.90 Å². The molecule has 1 atom stereocenters. The van der Waals surface area contributed by atoms with Crippen molar-refractivity contribution in [2.75, 3.05) is 6.61 Å². The van der Waals surface area contributed by atoms with E-state index in [0.717, 1.165) is 17.7 Å². The minimum absolute atomic E-state index is 0.180. The molecule has 0 N–H and O–H groups in total. The van der Waals surface area contributed by atoms with Gasteiger partial charge in [-0.15, -0.1) is 0 Å². The Balaban J connectivity index is 2.19. The molecule has 1 aromatic carbocycles. The van der Waals surface area contributed by atoms with Gasteiger partial charge < -0.3 is 4.74 Å². The van der Waals surface area contributed by atoms with Crippen molar-refractivity contribution < 1.29 is 17.9 Å². The average molecular weight is 271 g/mol. The fraction of sp³-hybridized carbons (Fsp3) is 0.500. The maximum atomic E-state index is 12.5. The zero-order valence-electron chi connectivity index (χ0n) is 11.1. The average Bonchev–Trinajstić information content (AvgIpc) is 2.77. The van der Waals surface area contributed by atoms with E-state index in [1.165, 1.54) is 12.1 Å². The summed E-state index contributed by atoms with van der Waals surface area (Å²) in [5.74, 6) is 0.650. The van der Waals surface area contributed by atoms with Crippen LogP contribution in [0.4, 0.5) is 13.2 Å². The minimum Gasteiger partial charge on any atom is -0.478 e. The molecular weight excluding hydrogens is 255 g/mol. The van der Waals surface area contributed by atoms with Crippen LogP contribution in [0.3, 0.4) is 0 Å². The van der Waals surface area contributed by atoms with Crippen LogP contribution in [0.25, 0.3) is 0 Å². The van der Waals surface area contributed by atoms with E-state index in [9.17, 15) is 13.2 Å². The molecule has 104 valence electrons. The number of rotatable bonds is 1. The summed E-state index contributed by atoms with van der Waals surface area (Å²) in [6, 6.07) is 4.88. The van der Waals surface area contributed by atoms with Crippen molar-refractivity contribution in [2.24, 2.45) is 10.4 Å². The van der Waals surface area contributed by atoms with Crippen molar-refractivity contribution >= 4 is 5.90 Å². The highest BCUT2D eigenvalue weighted by molar-refractivity contribution is 5.83. The molecule has 2 rings (SSSR count). The molecule has 0 saturated carbocycles. The van der Waals surface area contributed by atoms with Gasteiger partial charge in [0.25, 0.3) is 0 Å². The smallest absolute Gasteiger partial charge is 0.416 e. The Kier molecular flexibility index (Phi) is 3.32. The normalized spacial score (nSPS) is 20.1. The number of nitrogens with zero attached hydrogens (tertiary/aromatic N) is 1. The standard InChI is InChI=1S/C14H16F3NO/c1-13(2,3)12-18-11(8-19-12)9-4-6-10(7-5-9)14(15,16)17/h4-7,11H,8H2,1-3H3/t11-/m1/s1. The van der Waals surface area contributed by atoms with Crippen molar-refractivity contribution in [1.82, 2.24) is 0 Å². The molecule has 0 bridgehead atoms. The predicted octanol–water partition coefficient (Wildman–Crippen LogP) is 4.22. The first-order valence-corrected chi connectivity index (χ1v) is 6.06. The molecule has 1 aliphatic heterocycles. The van der Waals surface area contributed by atoms with Crippen molar-refractivity contribution in [1.29, 1.82) is 0 Å². The molecule has 0 aliphatic carbocycles. The monoisotopic (exact) mass is 271 g/mol. The van der Waals surface area contributed by atoms with Gasteiger partial charge in [-0.25, -0.2) is 4.99 Å². The van der Waals surface area contributed by atoms with Gasteiger partial charge in [0, 0.05) is 5.41 Å². The molecule has 0 unspecified atom stereocenters. The lowest BCUT2D eigenvalue weighted by Crippen LogP contribution is -2.20. The SMILES string of the molecule is CC(C)(C)C1=N[C@@H](c2ccc(C(F)(F)F)cc2)CO1. The second kappa shape index (κ2) is 4.54. The lowest BCUT2D eigenvalue weighted by atomic mass is 9.97. The Morgan fingerprint density at radius 3 is 2.11 bits per heavy atom. The molecule has 1 aromatic rings. The van der Waals surface area contributed by atoms with E-state index in [4.69, 9.17) is 4.74 Å². The first-order chi connectivity index (χ1) is 8.68. The van der Waals surface area contributed by atoms with Gasteiger partial charge in [0.05, 0.1) is 5.56 Å². The van der Waals surface area contributed by atoms with Crippen molar-refractivity contribution in [3.63, 3.8) is 0 Å². The summed E-state index contributed by atoms with van der Waals surface area (Å²) < 4.78 is 42.9. The molecule has 1 aliphatic rings. The Labute approximate surface area is 110 Å². The zero-order chi connectivity index (χ0) is 14.3. The summed E-state index contributed by atoms with van der Waals surface area (Å²) in [4.78, 5) is 4.43. The van der Waals surface area contributed by atoms with Crippen LogP contribution in [-0.4, -0.2) is 12.5 Å². The van der Waals surface area contributed by atoms with Gasteiger partial charge in [-0.2, -0.15) is 13.2 Å². The van der Waals surface area contributed by atoms with Crippen LogP contribution in [0.5, 0.6) is 0 Å². The van der Waals surface area contributed by atoms with Crippen LogP contribution in [0.2, 0.25) is 0 Å². The number of aliphatic imine (C=N–C) groups is 1. The summed E-state index contributed by atoms with van der Waals surface area (Å²) >= 11 is 0. The highest BCUT2D eigenvalue weighted by Gasteiger charge is 2.32. The zero-order valence-corrected chi connectivity index (χ0v) is 11.1. The molecule has 1 heterocycles. The van der Waals surface area contributed by atoms with E-state index < -0.39 is 11.7 Å². The highest BCUT2D eigenvalue weighted by Crippen LogP contribution is 2.33. The Morgan fingerprint density at radius 1 is 1.11 bits per heavy atom. The summed E-state index contributed by atoms with van der Waals surface area (Å²) in [6.07, 6.45) is -4.30. The summed E-state index contributed by atoms with van der Waals surface area (Å²) in [6.45, 7) is 6.35. The molecule has 19 heavy (non-hydrogen) atoms. The number of hydrogen-bond donors (Lipinski definition) is 0. The third kappa shape index (κ3) is 3.08. The fourth-order valence-corrected chi connectivity index (χ4v) is 1.85. The molecule has 0 spiro atoms. The van der Waals surface area contributed by atoms with Crippen LogP contribution in [0, 0.1) is 5.41 Å². The van der Waals surface area contributed by atoms with Crippen molar-refractivity contribution in [2.45, 2.75) is 33.0 Å². The molecule has 0 saturated heterocycles. The van der Waals surface area contributed by atoms with Gasteiger partial charge in [0.2, 0.25) is 0 Å². The Morgan fingerprint density at radius 2 is 1.68 bits per heavy atom. The summed E-state index contributed by atoms with van der Waals surface area (Å²) in [7, 11) is 0. The second-order valence-corrected chi connectivity index (χ2v) is 5.63. The number of alkyl halides is 3. The van der Waals surface area contributed by atoms with Gasteiger partial charge in [-0.3, -0.25) is 0 Å². The third-order valence-corrected chi connectivity index (χ3v) is 2.92. The first kappa shape index (κ1) is 13.9. The second-order valence-electron chi connectivity index (χ2n) is 5.63. The number of hydrogen-bond acceptors (Lipinski definition) is 2. The van der Waals surface area contributed by atoms with E-state index in [-0.39, 0.29) is 11.5 Å². The number of benzene rings is 1. The lowest BCUT2D eigenvalue weighted by Gasteiger charge is -2.16. The van der Waals surface area contributed by atoms with E-state index in [1.807, 2.05) is 20.8 Å². The maximum Gasteiger partial charge on any atom is 0.416 e. The topological polar surface area (TPSA) is 21.6 Å². The van der Waals surface area contributed by atoms with Crippen molar-refractivity contribution in [3.8, 4) is 0 Å². The van der Waals surface area contributed by atoms with Gasteiger partial charge in [-0.05, 0) is 17.7 Å². The van der Waals surface area contributed by atoms with Crippen LogP contribution < -0.4 is 0 Å². The maximum absolute atomic E-state index is 12.5. The van der Waals surface area contributed by atoms with E-state index in [1.54, 1.807) is 0 Å². The van der Waals surface area contributed by atoms with E-state index in [0.29, 0.717) is 12.5 Å². The third-order valence-electron chi connectivity index (χ3n) is 2.92. The number of halogens is 3. The van der Waals surface area contributed by atoms with E-state index in [2.05, 4.69) is 4.99 Å². The lowest BCUT2D eigenvalue weighted by molar-refractivity contribution is -0.137. The fourth-order valence-electron chi connectivity index (χ4n) is 1.85. The largest absolute Gasteiger partial charge is 0.478 e. The molecule has 0 fully saturated rings. The predicted molar refractivity (Wildman–Crippen MR) is 67.0 cm³/mol. The first-order valence-electron chi connectivity index (χ1n) is 6.06. The quantitative estimate of drug-likeness (QED) is 0.749. The molecule has 0 radical (unpaired) electrons. The van der Waals surface area contributed by atoms with Crippen LogP contribution in [-0.2, 0) is 10.9 Å². The van der Waals surface area contributed by atoms with Crippen LogP contribution in [0.1, 0.15) is 37.9 Å². The number of ether oxygens (including phenoxy) is 1. The van der Waals surface area contributed by atoms with E-state index >= 15 is 0 Å². The Bertz CT molecular complexity index is 483. The summed E-state index contributed by atoms with van der Waals surface area (Å²) in [5, 5.41) is 0. The van der Waals surface area contributed by atoms with Gasteiger partial charge in [-0.1, -0.05) is 32.9 Å². The molecule has 0 aromatic heterocycles. The minimum atomic E-state index is -4.30. The Hall–Kier alpha value is -1.52. The summed E-state index contributed by atoms with van der Waals surface area (Å²) in [5.41, 5.74) is -0.0804. The van der Waals surface area contributed by atoms with Crippen molar-refractivity contribution in [3.05, 3.63) is 35.4 Å². The van der Waals surface area contributed by atoms with Gasteiger partial charge >= 0.3 is 6.18 Å².